The molecule has 1 fully saturated rings. The van der Waals surface area contributed by atoms with Crippen LogP contribution in [0.25, 0.3) is 6.08 Å². The molecule has 0 aromatic heterocycles. The third-order valence-corrected chi connectivity index (χ3v) is 6.55. The second-order valence-corrected chi connectivity index (χ2v) is 9.51. The van der Waals surface area contributed by atoms with Crippen molar-refractivity contribution in [1.82, 2.24) is 5.32 Å². The third-order valence-electron chi connectivity index (χ3n) is 4.76. The van der Waals surface area contributed by atoms with E-state index in [1.54, 1.807) is 0 Å². The summed E-state index contributed by atoms with van der Waals surface area (Å²) in [6.45, 7) is 0. The normalized spacial score (nSPS) is 15.3. The monoisotopic (exact) mass is 534 g/mol. The molecule has 0 spiro atoms. The highest BCUT2D eigenvalue weighted by Gasteiger charge is 2.36. The first-order chi connectivity index (χ1) is 16.5. The maximum absolute atomic E-state index is 13.2. The molecule has 0 saturated carbocycles. The summed E-state index contributed by atoms with van der Waals surface area (Å²) in [5.74, 6) is -2.64. The number of anilines is 1. The fourth-order valence-electron chi connectivity index (χ4n) is 3.09. The molecule has 1 heterocycles. The van der Waals surface area contributed by atoms with Gasteiger partial charge in [0.25, 0.3) is 11.8 Å². The molecular weight excluding hydrogens is 522 g/mol. The minimum absolute atomic E-state index is 0.0569. The van der Waals surface area contributed by atoms with Crippen molar-refractivity contribution in [3.8, 4) is 5.75 Å². The minimum atomic E-state index is -4.20. The van der Waals surface area contributed by atoms with Gasteiger partial charge in [-0.1, -0.05) is 29.3 Å². The number of rotatable bonds is 5. The van der Waals surface area contributed by atoms with Crippen molar-refractivity contribution in [1.29, 1.82) is 0 Å². The average Bonchev–Trinajstić information content (AvgIpc) is 2.80. The van der Waals surface area contributed by atoms with Gasteiger partial charge >= 0.3 is 16.1 Å². The predicted octanol–water partition coefficient (Wildman–Crippen LogP) is 4.57. The molecule has 4 rings (SSSR count). The SMILES string of the molecule is O=C1NC(=O)N(c2ccc(F)cc2)C(=O)/C1=C/c1ccc(OS(=O)(=O)c2ccc(Cl)cc2)c(Cl)c1. The van der Waals surface area contributed by atoms with Gasteiger partial charge in [-0.15, -0.1) is 0 Å². The number of halogens is 3. The third kappa shape index (κ3) is 5.19. The van der Waals surface area contributed by atoms with Gasteiger partial charge in [-0.25, -0.2) is 14.1 Å². The van der Waals surface area contributed by atoms with E-state index in [0.717, 1.165) is 12.1 Å². The van der Waals surface area contributed by atoms with Gasteiger partial charge in [0.2, 0.25) is 0 Å². The first kappa shape index (κ1) is 24.4. The Labute approximate surface area is 208 Å². The predicted molar refractivity (Wildman–Crippen MR) is 126 cm³/mol. The van der Waals surface area contributed by atoms with Crippen molar-refractivity contribution >= 4 is 62.9 Å². The summed E-state index contributed by atoms with van der Waals surface area (Å²) in [5, 5.41) is 2.27. The zero-order valence-corrected chi connectivity index (χ0v) is 19.7. The van der Waals surface area contributed by atoms with Crippen LogP contribution in [-0.2, 0) is 19.7 Å². The van der Waals surface area contributed by atoms with E-state index < -0.39 is 39.4 Å². The van der Waals surface area contributed by atoms with E-state index >= 15 is 0 Å². The Morgan fingerprint density at radius 3 is 2.20 bits per heavy atom. The second-order valence-electron chi connectivity index (χ2n) is 7.12. The van der Waals surface area contributed by atoms with Gasteiger partial charge < -0.3 is 4.18 Å². The summed E-state index contributed by atoms with van der Waals surface area (Å²) in [4.78, 5) is 38.0. The number of imide groups is 2. The first-order valence-corrected chi connectivity index (χ1v) is 11.9. The summed E-state index contributed by atoms with van der Waals surface area (Å²) in [5.41, 5.74) is -0.0907. The van der Waals surface area contributed by atoms with Crippen LogP contribution in [0.4, 0.5) is 14.9 Å². The van der Waals surface area contributed by atoms with Gasteiger partial charge in [0.15, 0.2) is 5.75 Å². The molecule has 12 heteroatoms. The average molecular weight is 535 g/mol. The lowest BCUT2D eigenvalue weighted by atomic mass is 10.1. The van der Waals surface area contributed by atoms with Crippen molar-refractivity contribution in [2.75, 3.05) is 4.90 Å². The number of nitrogens with zero attached hydrogens (tertiary/aromatic N) is 1. The summed E-state index contributed by atoms with van der Waals surface area (Å²) >= 11 is 11.9. The maximum atomic E-state index is 13.2. The first-order valence-electron chi connectivity index (χ1n) is 9.72. The molecule has 4 amide bonds. The number of benzene rings is 3. The molecule has 178 valence electrons. The number of amides is 4. The van der Waals surface area contributed by atoms with E-state index in [0.29, 0.717) is 9.92 Å². The fraction of sp³-hybridized carbons (Fsp3) is 0. The zero-order chi connectivity index (χ0) is 25.3. The minimum Gasteiger partial charge on any atom is -0.377 e. The van der Waals surface area contributed by atoms with E-state index in [-0.39, 0.29) is 26.9 Å². The van der Waals surface area contributed by atoms with Crippen LogP contribution in [0, 0.1) is 5.82 Å². The number of urea groups is 1. The molecule has 1 aliphatic heterocycles. The van der Waals surface area contributed by atoms with Gasteiger partial charge in [0, 0.05) is 5.02 Å². The lowest BCUT2D eigenvalue weighted by Crippen LogP contribution is -2.54. The van der Waals surface area contributed by atoms with Gasteiger partial charge in [0.05, 0.1) is 10.7 Å². The van der Waals surface area contributed by atoms with E-state index in [9.17, 15) is 27.2 Å². The number of hydrogen-bond donors (Lipinski definition) is 1. The van der Waals surface area contributed by atoms with Crippen LogP contribution >= 0.6 is 23.2 Å². The fourth-order valence-corrected chi connectivity index (χ4v) is 4.44. The summed E-state index contributed by atoms with van der Waals surface area (Å²) in [6, 6.07) is 12.8. The quantitative estimate of drug-likeness (QED) is 0.291. The van der Waals surface area contributed by atoms with E-state index in [1.165, 1.54) is 60.7 Å². The van der Waals surface area contributed by atoms with Gasteiger partial charge in [-0.3, -0.25) is 14.9 Å². The lowest BCUT2D eigenvalue weighted by Gasteiger charge is -2.26. The number of carbonyl (C=O) groups is 3. The molecule has 0 atom stereocenters. The molecule has 1 N–H and O–H groups in total. The van der Waals surface area contributed by atoms with Crippen LogP contribution < -0.4 is 14.4 Å². The second kappa shape index (κ2) is 9.49. The number of nitrogens with one attached hydrogen (secondary N) is 1. The molecule has 35 heavy (non-hydrogen) atoms. The van der Waals surface area contributed by atoms with Crippen molar-refractivity contribution in [3.63, 3.8) is 0 Å². The van der Waals surface area contributed by atoms with Crippen LogP contribution in [0.15, 0.2) is 77.2 Å². The zero-order valence-electron chi connectivity index (χ0n) is 17.4. The standard InChI is InChI=1S/C23H13Cl2FN2O6S/c24-14-2-8-17(9-3-14)35(32,33)34-20-10-1-13(12-19(20)25)11-18-21(29)27-23(31)28(22(18)30)16-6-4-15(26)5-7-16/h1-12H,(H,27,29,31)/b18-11+. The molecule has 3 aromatic carbocycles. The Hall–Kier alpha value is -3.73. The van der Waals surface area contributed by atoms with Crippen molar-refractivity contribution in [2.24, 2.45) is 0 Å². The van der Waals surface area contributed by atoms with Crippen molar-refractivity contribution in [2.45, 2.75) is 4.90 Å². The van der Waals surface area contributed by atoms with E-state index in [1.807, 2.05) is 5.32 Å². The molecule has 3 aromatic rings. The Balaban J connectivity index is 1.61. The Morgan fingerprint density at radius 1 is 0.914 bits per heavy atom. The molecule has 0 bridgehead atoms. The summed E-state index contributed by atoms with van der Waals surface area (Å²) < 4.78 is 43.3. The smallest absolute Gasteiger partial charge is 0.339 e. The molecule has 1 aliphatic rings. The van der Waals surface area contributed by atoms with E-state index in [2.05, 4.69) is 0 Å². The Kier molecular flexibility index (Phi) is 6.62. The molecule has 0 radical (unpaired) electrons. The number of hydrogen-bond acceptors (Lipinski definition) is 6. The topological polar surface area (TPSA) is 110 Å². The highest BCUT2D eigenvalue weighted by molar-refractivity contribution is 7.87. The lowest BCUT2D eigenvalue weighted by molar-refractivity contribution is -0.122. The summed E-state index contributed by atoms with van der Waals surface area (Å²) in [6.07, 6.45) is 1.17. The van der Waals surface area contributed by atoms with Crippen LogP contribution in [0.1, 0.15) is 5.56 Å². The highest BCUT2D eigenvalue weighted by Crippen LogP contribution is 2.30. The largest absolute Gasteiger partial charge is 0.377 e. The van der Waals surface area contributed by atoms with Crippen LogP contribution in [0.5, 0.6) is 5.75 Å². The van der Waals surface area contributed by atoms with Gasteiger partial charge in [-0.2, -0.15) is 8.42 Å². The molecule has 0 unspecified atom stereocenters. The summed E-state index contributed by atoms with van der Waals surface area (Å²) in [7, 11) is -4.20. The van der Waals surface area contributed by atoms with Crippen LogP contribution in [-0.4, -0.2) is 26.3 Å². The van der Waals surface area contributed by atoms with Gasteiger partial charge in [0.1, 0.15) is 16.3 Å². The molecular formula is C23H13Cl2FN2O6S. The van der Waals surface area contributed by atoms with Crippen LogP contribution in [0.3, 0.4) is 0 Å². The molecule has 1 saturated heterocycles. The maximum Gasteiger partial charge on any atom is 0.339 e. The van der Waals surface area contributed by atoms with Gasteiger partial charge in [-0.05, 0) is 72.3 Å². The molecule has 0 aliphatic carbocycles. The van der Waals surface area contributed by atoms with Crippen LogP contribution in [0.2, 0.25) is 10.0 Å². The highest BCUT2D eigenvalue weighted by atomic mass is 35.5. The Bertz CT molecular complexity index is 1490. The van der Waals surface area contributed by atoms with E-state index in [4.69, 9.17) is 27.4 Å². The Morgan fingerprint density at radius 2 is 1.57 bits per heavy atom. The van der Waals surface area contributed by atoms with Crippen molar-refractivity contribution < 1.29 is 31.4 Å². The number of barbiturate groups is 1. The van der Waals surface area contributed by atoms with Crippen molar-refractivity contribution in [3.05, 3.63) is 93.7 Å². The number of carbonyl (C=O) groups excluding carboxylic acids is 3. The molecule has 8 nitrogen and oxygen atoms in total.